The van der Waals surface area contributed by atoms with E-state index in [0.717, 1.165) is 19.3 Å². The number of nitrogens with zero attached hydrogens (tertiary/aromatic N) is 2. The first-order valence-electron chi connectivity index (χ1n) is 8.76. The molecule has 1 aliphatic rings. The van der Waals surface area contributed by atoms with Crippen molar-refractivity contribution in [2.24, 2.45) is 11.8 Å². The summed E-state index contributed by atoms with van der Waals surface area (Å²) in [5, 5.41) is 0. The van der Waals surface area contributed by atoms with Gasteiger partial charge in [0.2, 0.25) is 5.78 Å². The number of rotatable bonds is 5. The highest BCUT2D eigenvalue weighted by molar-refractivity contribution is 6.61. The van der Waals surface area contributed by atoms with Crippen molar-refractivity contribution >= 4 is 17.5 Å². The van der Waals surface area contributed by atoms with Crippen LogP contribution in [0.5, 0.6) is 0 Å². The van der Waals surface area contributed by atoms with Crippen molar-refractivity contribution in [1.29, 1.82) is 0 Å². The van der Waals surface area contributed by atoms with Crippen LogP contribution in [-0.4, -0.2) is 28.4 Å². The normalized spacial score (nSPS) is 23.4. The maximum atomic E-state index is 12.3. The van der Waals surface area contributed by atoms with Crippen molar-refractivity contribution in [2.45, 2.75) is 58.5 Å². The van der Waals surface area contributed by atoms with Gasteiger partial charge in [-0.05, 0) is 29.7 Å². The van der Waals surface area contributed by atoms with Gasteiger partial charge in [0.1, 0.15) is 6.10 Å². The molecule has 1 aromatic carbocycles. The molecule has 0 N–H and O–H groups in total. The summed E-state index contributed by atoms with van der Waals surface area (Å²) in [6.45, 7) is 7.65. The first-order chi connectivity index (χ1) is 11.8. The van der Waals surface area contributed by atoms with Gasteiger partial charge in [0.05, 0.1) is 0 Å². The highest BCUT2D eigenvalue weighted by atomic mass is 16.5. The van der Waals surface area contributed by atoms with Crippen LogP contribution in [0.1, 0.15) is 52.5 Å². The monoisotopic (exact) mass is 342 g/mol. The SMILES string of the molecule is CC(=O)C(=[N+]=[N-])C(=O)OC1CC(C)CCC1C(C)(C)c1ccccc1. The molecule has 0 bridgehead atoms. The topological polar surface area (TPSA) is 79.8 Å². The molecule has 3 atom stereocenters. The first-order valence-corrected chi connectivity index (χ1v) is 8.76. The Morgan fingerprint density at radius 2 is 1.84 bits per heavy atom. The minimum Gasteiger partial charge on any atom is -0.453 e. The Balaban J connectivity index is 2.28. The zero-order valence-electron chi connectivity index (χ0n) is 15.4. The van der Waals surface area contributed by atoms with E-state index in [1.807, 2.05) is 18.2 Å². The van der Waals surface area contributed by atoms with Crippen LogP contribution in [-0.2, 0) is 19.7 Å². The van der Waals surface area contributed by atoms with E-state index in [2.05, 4.69) is 37.7 Å². The Hall–Kier alpha value is -2.26. The van der Waals surface area contributed by atoms with E-state index in [-0.39, 0.29) is 17.4 Å². The van der Waals surface area contributed by atoms with Crippen LogP contribution in [0, 0.1) is 11.8 Å². The fraction of sp³-hybridized carbons (Fsp3) is 0.550. The molecule has 0 saturated heterocycles. The number of hydrogen-bond donors (Lipinski definition) is 0. The summed E-state index contributed by atoms with van der Waals surface area (Å²) in [4.78, 5) is 26.5. The summed E-state index contributed by atoms with van der Waals surface area (Å²) >= 11 is 0. The van der Waals surface area contributed by atoms with E-state index in [9.17, 15) is 9.59 Å². The Morgan fingerprint density at radius 3 is 2.40 bits per heavy atom. The largest absolute Gasteiger partial charge is 0.453 e. The maximum Gasteiger partial charge on any atom is 0.441 e. The molecule has 1 aromatic rings. The zero-order chi connectivity index (χ0) is 18.6. The van der Waals surface area contributed by atoms with Crippen molar-refractivity contribution in [3.8, 4) is 0 Å². The molecule has 5 heteroatoms. The Labute approximate surface area is 149 Å². The van der Waals surface area contributed by atoms with Crippen molar-refractivity contribution in [1.82, 2.24) is 0 Å². The third-order valence-electron chi connectivity index (χ3n) is 5.38. The molecule has 25 heavy (non-hydrogen) atoms. The first kappa shape index (κ1) is 19.1. The molecule has 0 radical (unpaired) electrons. The minimum absolute atomic E-state index is 0.127. The molecule has 0 spiro atoms. The summed E-state index contributed by atoms with van der Waals surface area (Å²) in [7, 11) is 0. The molecule has 1 saturated carbocycles. The van der Waals surface area contributed by atoms with Gasteiger partial charge < -0.3 is 10.3 Å². The number of benzene rings is 1. The highest BCUT2D eigenvalue weighted by Crippen LogP contribution is 2.43. The fourth-order valence-electron chi connectivity index (χ4n) is 3.81. The summed E-state index contributed by atoms with van der Waals surface area (Å²) in [5.41, 5.74) is 9.38. The van der Waals surface area contributed by atoms with Crippen molar-refractivity contribution < 1.29 is 19.1 Å². The molecule has 0 aliphatic heterocycles. The second kappa shape index (κ2) is 7.75. The van der Waals surface area contributed by atoms with Gasteiger partial charge in [-0.15, -0.1) is 0 Å². The second-order valence-electron chi connectivity index (χ2n) is 7.56. The van der Waals surface area contributed by atoms with Crippen LogP contribution < -0.4 is 0 Å². The van der Waals surface area contributed by atoms with Gasteiger partial charge in [0.15, 0.2) is 0 Å². The summed E-state index contributed by atoms with van der Waals surface area (Å²) in [6, 6.07) is 10.2. The molecular formula is C20H26N2O3. The predicted octanol–water partition coefficient (Wildman–Crippen LogP) is 3.57. The van der Waals surface area contributed by atoms with E-state index in [1.54, 1.807) is 0 Å². The van der Waals surface area contributed by atoms with Gasteiger partial charge in [-0.25, -0.2) is 4.79 Å². The molecular weight excluding hydrogens is 316 g/mol. The standard InChI is InChI=1S/C20H26N2O3/c1-13-10-11-16(20(3,4)15-8-6-5-7-9-15)17(12-13)25-19(24)18(22-21)14(2)23/h5-9,13,16-17H,10-12H2,1-4H3. The minimum atomic E-state index is -0.844. The number of ketones is 1. The zero-order valence-corrected chi connectivity index (χ0v) is 15.4. The van der Waals surface area contributed by atoms with Crippen LogP contribution >= 0.6 is 0 Å². The average Bonchev–Trinajstić information content (AvgIpc) is 2.55. The molecule has 0 aromatic heterocycles. The Kier molecular flexibility index (Phi) is 5.91. The number of Topliss-reactive ketones (excluding diaryl/α,β-unsaturated/α-hetero) is 1. The van der Waals surface area contributed by atoms with Gasteiger partial charge in [-0.1, -0.05) is 57.5 Å². The molecule has 0 heterocycles. The van der Waals surface area contributed by atoms with E-state index in [1.165, 1.54) is 12.5 Å². The van der Waals surface area contributed by atoms with Crippen LogP contribution in [0.25, 0.3) is 5.53 Å². The van der Waals surface area contributed by atoms with E-state index >= 15 is 0 Å². The number of carbonyl (C=O) groups is 2. The number of esters is 1. The lowest BCUT2D eigenvalue weighted by Crippen LogP contribution is -2.44. The Bertz CT molecular complexity index is 690. The van der Waals surface area contributed by atoms with Gasteiger partial charge >= 0.3 is 11.7 Å². The lowest BCUT2D eigenvalue weighted by atomic mass is 9.64. The summed E-state index contributed by atoms with van der Waals surface area (Å²) < 4.78 is 5.65. The van der Waals surface area contributed by atoms with Crippen molar-refractivity contribution in [3.63, 3.8) is 0 Å². The van der Waals surface area contributed by atoms with E-state index in [0.29, 0.717) is 5.92 Å². The van der Waals surface area contributed by atoms with Gasteiger partial charge in [0, 0.05) is 12.8 Å². The number of ether oxygens (including phenoxy) is 1. The lowest BCUT2D eigenvalue weighted by Gasteiger charge is -2.43. The summed E-state index contributed by atoms with van der Waals surface area (Å²) in [5.74, 6) is -0.882. The second-order valence-corrected chi connectivity index (χ2v) is 7.56. The van der Waals surface area contributed by atoms with Crippen LogP contribution in [0.2, 0.25) is 0 Å². The third-order valence-corrected chi connectivity index (χ3v) is 5.38. The molecule has 1 aliphatic carbocycles. The maximum absolute atomic E-state index is 12.3. The molecule has 5 nitrogen and oxygen atoms in total. The molecule has 1 fully saturated rings. The number of carbonyl (C=O) groups excluding carboxylic acids is 2. The molecule has 2 rings (SSSR count). The number of hydrogen-bond acceptors (Lipinski definition) is 3. The van der Waals surface area contributed by atoms with Gasteiger partial charge in [-0.3, -0.25) is 4.79 Å². The van der Waals surface area contributed by atoms with Crippen LogP contribution in [0.4, 0.5) is 0 Å². The summed E-state index contributed by atoms with van der Waals surface area (Å²) in [6.07, 6.45) is 2.43. The molecule has 3 unspecified atom stereocenters. The lowest BCUT2D eigenvalue weighted by molar-refractivity contribution is -0.153. The van der Waals surface area contributed by atoms with E-state index in [4.69, 9.17) is 10.3 Å². The van der Waals surface area contributed by atoms with E-state index < -0.39 is 17.5 Å². The highest BCUT2D eigenvalue weighted by Gasteiger charge is 2.43. The fourth-order valence-corrected chi connectivity index (χ4v) is 3.81. The Morgan fingerprint density at radius 1 is 1.20 bits per heavy atom. The van der Waals surface area contributed by atoms with Crippen molar-refractivity contribution in [3.05, 3.63) is 41.4 Å². The predicted molar refractivity (Wildman–Crippen MR) is 95.2 cm³/mol. The van der Waals surface area contributed by atoms with Gasteiger partial charge in [0.25, 0.3) is 0 Å². The van der Waals surface area contributed by atoms with Crippen LogP contribution in [0.3, 0.4) is 0 Å². The van der Waals surface area contributed by atoms with Crippen molar-refractivity contribution in [2.75, 3.05) is 0 Å². The van der Waals surface area contributed by atoms with Crippen LogP contribution in [0.15, 0.2) is 30.3 Å². The average molecular weight is 342 g/mol. The smallest absolute Gasteiger partial charge is 0.441 e. The molecule has 0 amide bonds. The molecule has 134 valence electrons. The quantitative estimate of drug-likeness (QED) is 0.270. The third kappa shape index (κ3) is 4.23. The van der Waals surface area contributed by atoms with Gasteiger partial charge in [-0.2, -0.15) is 4.79 Å².